The fourth-order valence-corrected chi connectivity index (χ4v) is 3.95. The van der Waals surface area contributed by atoms with Crippen LogP contribution in [-0.2, 0) is 4.79 Å². The van der Waals surface area contributed by atoms with E-state index in [1.165, 1.54) is 24.0 Å². The average molecular weight is 316 g/mol. The van der Waals surface area contributed by atoms with Gasteiger partial charge in [0, 0.05) is 19.2 Å². The van der Waals surface area contributed by atoms with Crippen LogP contribution >= 0.6 is 0 Å². The second-order valence-corrected chi connectivity index (χ2v) is 6.96. The first kappa shape index (κ1) is 15.0. The van der Waals surface area contributed by atoms with Gasteiger partial charge in [-0.25, -0.2) is 4.98 Å². The van der Waals surface area contributed by atoms with E-state index in [2.05, 4.69) is 35.2 Å². The van der Waals surface area contributed by atoms with Gasteiger partial charge in [-0.05, 0) is 47.6 Å². The smallest absolute Gasteiger partial charge is 0.228 e. The molecule has 0 aromatic carbocycles. The molecule has 1 saturated carbocycles. The largest absolute Gasteiger partial charge is 0.295 e. The van der Waals surface area contributed by atoms with Crippen LogP contribution in [0.5, 0.6) is 0 Å². The van der Waals surface area contributed by atoms with Crippen LogP contribution in [0, 0.1) is 17.8 Å². The van der Waals surface area contributed by atoms with Gasteiger partial charge in [-0.2, -0.15) is 0 Å². The van der Waals surface area contributed by atoms with Gasteiger partial charge in [0.05, 0.1) is 5.56 Å². The number of carbonyl (C=O) groups is 1. The summed E-state index contributed by atoms with van der Waals surface area (Å²) in [7, 11) is 0. The van der Waals surface area contributed by atoms with Crippen LogP contribution in [0.15, 0.2) is 42.6 Å². The molecule has 0 N–H and O–H groups in total. The highest BCUT2D eigenvalue weighted by atomic mass is 16.2. The van der Waals surface area contributed by atoms with E-state index < -0.39 is 0 Å². The Morgan fingerprint density at radius 2 is 1.88 bits per heavy atom. The monoisotopic (exact) mass is 316 g/mol. The summed E-state index contributed by atoms with van der Waals surface area (Å²) in [6.45, 7) is 0.789. The number of carbonyl (C=O) groups excluding carboxylic acids is 1. The Kier molecular flexibility index (Phi) is 3.61. The van der Waals surface area contributed by atoms with Crippen molar-refractivity contribution in [2.45, 2.75) is 32.1 Å². The first-order chi connectivity index (χ1) is 11.7. The van der Waals surface area contributed by atoms with E-state index in [1.807, 2.05) is 12.1 Å². The van der Waals surface area contributed by atoms with Crippen molar-refractivity contribution in [3.8, 4) is 23.5 Å². The van der Waals surface area contributed by atoms with Gasteiger partial charge < -0.3 is 0 Å². The quantitative estimate of drug-likeness (QED) is 0.635. The number of pyridine rings is 1. The normalized spacial score (nSPS) is 19.0. The summed E-state index contributed by atoms with van der Waals surface area (Å²) in [5, 5.41) is 0. The Balaban J connectivity index is 0.000000201. The third-order valence-corrected chi connectivity index (χ3v) is 5.30. The van der Waals surface area contributed by atoms with E-state index in [0.717, 1.165) is 19.4 Å². The lowest BCUT2D eigenvalue weighted by atomic mass is 9.85. The van der Waals surface area contributed by atoms with Crippen molar-refractivity contribution < 1.29 is 4.79 Å². The Morgan fingerprint density at radius 1 is 1.12 bits per heavy atom. The Morgan fingerprint density at radius 3 is 2.46 bits per heavy atom. The molecule has 3 aliphatic carbocycles. The molecule has 4 aliphatic rings. The molecule has 2 heterocycles. The van der Waals surface area contributed by atoms with Crippen molar-refractivity contribution in [1.82, 2.24) is 4.98 Å². The van der Waals surface area contributed by atoms with Gasteiger partial charge in [-0.15, -0.1) is 6.42 Å². The average Bonchev–Trinajstić information content (AvgIpc) is 2.98. The third-order valence-electron chi connectivity index (χ3n) is 5.30. The predicted octanol–water partition coefficient (Wildman–Crippen LogP) is 4.03. The van der Waals surface area contributed by atoms with Crippen molar-refractivity contribution in [2.75, 3.05) is 11.4 Å². The van der Waals surface area contributed by atoms with Gasteiger partial charge in [-0.1, -0.05) is 37.0 Å². The molecule has 0 radical (unpaired) electrons. The van der Waals surface area contributed by atoms with Gasteiger partial charge in [0.2, 0.25) is 5.91 Å². The number of hydrogen-bond donors (Lipinski definition) is 0. The number of terminal acetylenes is 1. The van der Waals surface area contributed by atoms with Gasteiger partial charge in [0.1, 0.15) is 0 Å². The summed E-state index contributed by atoms with van der Waals surface area (Å²) in [5.74, 6) is 3.45. The molecule has 1 amide bonds. The van der Waals surface area contributed by atoms with Crippen molar-refractivity contribution in [2.24, 2.45) is 5.41 Å². The van der Waals surface area contributed by atoms with Crippen LogP contribution in [0.25, 0.3) is 11.1 Å². The Bertz CT molecular complexity index is 810. The maximum Gasteiger partial charge on any atom is 0.228 e. The molecule has 5 rings (SSSR count). The standard InChI is InChI=1S/C15H16N2O.C6H4/c1-2-12-6-5-9-16-14(12)17-11-15(10-13(17)18)7-3-4-8-15;1-2-5-4-6(5)3-1/h1,5-6,9H,3-4,7-8,10-11H2;1-4H. The van der Waals surface area contributed by atoms with Crippen molar-refractivity contribution in [1.29, 1.82) is 0 Å². The molecule has 1 spiro atoms. The number of amides is 1. The number of hydrogen-bond acceptors (Lipinski definition) is 2. The fourth-order valence-electron chi connectivity index (χ4n) is 3.95. The summed E-state index contributed by atoms with van der Waals surface area (Å²) in [6.07, 6.45) is 12.6. The van der Waals surface area contributed by atoms with Crippen LogP contribution in [0.3, 0.4) is 0 Å². The second kappa shape index (κ2) is 5.79. The van der Waals surface area contributed by atoms with E-state index in [4.69, 9.17) is 6.42 Å². The molecule has 1 saturated heterocycles. The summed E-state index contributed by atoms with van der Waals surface area (Å²) in [4.78, 5) is 18.3. The zero-order valence-electron chi connectivity index (χ0n) is 13.7. The molecule has 2 fully saturated rings. The first-order valence-electron chi connectivity index (χ1n) is 8.53. The minimum atomic E-state index is 0.173. The van der Waals surface area contributed by atoms with E-state index >= 15 is 0 Å². The van der Waals surface area contributed by atoms with E-state index in [9.17, 15) is 4.79 Å². The lowest BCUT2D eigenvalue weighted by Gasteiger charge is -2.22. The number of fused-ring (bicyclic) bond motifs is 1. The van der Waals surface area contributed by atoms with Gasteiger partial charge in [0.25, 0.3) is 0 Å². The molecule has 1 aromatic heterocycles. The maximum absolute atomic E-state index is 12.2. The number of nitrogens with zero attached hydrogens (tertiary/aromatic N) is 2. The van der Waals surface area contributed by atoms with E-state index in [-0.39, 0.29) is 11.3 Å². The summed E-state index contributed by atoms with van der Waals surface area (Å²) >= 11 is 0. The van der Waals surface area contributed by atoms with E-state index in [0.29, 0.717) is 17.8 Å². The van der Waals surface area contributed by atoms with Gasteiger partial charge >= 0.3 is 0 Å². The molecule has 1 aliphatic heterocycles. The SMILES string of the molecule is C#Cc1cccnc1N1CC2(CCCC2)CC1=O.c1cc2cc-2c1. The summed E-state index contributed by atoms with van der Waals surface area (Å²) in [5.41, 5.74) is 3.76. The fraction of sp³-hybridized carbons (Fsp3) is 0.333. The molecule has 3 heteroatoms. The van der Waals surface area contributed by atoms with Crippen LogP contribution in [0.2, 0.25) is 0 Å². The van der Waals surface area contributed by atoms with Crippen LogP contribution in [0.4, 0.5) is 5.82 Å². The van der Waals surface area contributed by atoms with E-state index in [1.54, 1.807) is 11.1 Å². The topological polar surface area (TPSA) is 33.2 Å². The highest BCUT2D eigenvalue weighted by molar-refractivity contribution is 5.96. The molecule has 120 valence electrons. The maximum atomic E-state index is 12.2. The molecule has 24 heavy (non-hydrogen) atoms. The zero-order chi connectivity index (χ0) is 16.6. The van der Waals surface area contributed by atoms with Gasteiger partial charge in [-0.3, -0.25) is 9.69 Å². The predicted molar refractivity (Wildman–Crippen MR) is 95.5 cm³/mol. The zero-order valence-corrected chi connectivity index (χ0v) is 13.7. The lowest BCUT2D eigenvalue weighted by molar-refractivity contribution is -0.117. The van der Waals surface area contributed by atoms with Crippen molar-refractivity contribution in [3.63, 3.8) is 0 Å². The molecular formula is C21H20N2O. The molecule has 0 unspecified atom stereocenters. The van der Waals surface area contributed by atoms with Crippen LogP contribution < -0.4 is 4.90 Å². The Hall–Kier alpha value is -2.60. The molecule has 0 atom stereocenters. The van der Waals surface area contributed by atoms with Gasteiger partial charge in [0.15, 0.2) is 5.82 Å². The highest BCUT2D eigenvalue weighted by Crippen LogP contribution is 2.46. The molecular weight excluding hydrogens is 296 g/mol. The number of rotatable bonds is 1. The first-order valence-corrected chi connectivity index (χ1v) is 8.53. The number of aromatic nitrogens is 1. The molecule has 1 aromatic rings. The lowest BCUT2D eigenvalue weighted by Crippen LogP contribution is -2.28. The highest BCUT2D eigenvalue weighted by Gasteiger charge is 2.45. The van der Waals surface area contributed by atoms with Crippen LogP contribution in [-0.4, -0.2) is 17.4 Å². The number of anilines is 1. The molecule has 0 bridgehead atoms. The second-order valence-electron chi connectivity index (χ2n) is 6.96. The minimum Gasteiger partial charge on any atom is -0.295 e. The summed E-state index contributed by atoms with van der Waals surface area (Å²) in [6, 6.07) is 12.1. The third kappa shape index (κ3) is 2.69. The van der Waals surface area contributed by atoms with Crippen molar-refractivity contribution >= 4 is 11.7 Å². The molecule has 3 nitrogen and oxygen atoms in total. The number of benzene rings is 1. The summed E-state index contributed by atoms with van der Waals surface area (Å²) < 4.78 is 0. The minimum absolute atomic E-state index is 0.173. The van der Waals surface area contributed by atoms with Crippen molar-refractivity contribution in [3.05, 3.63) is 48.2 Å². The van der Waals surface area contributed by atoms with Crippen LogP contribution in [0.1, 0.15) is 37.7 Å². The Labute approximate surface area is 142 Å².